The molecule has 0 radical (unpaired) electrons. The zero-order valence-electron chi connectivity index (χ0n) is 13.8. The van der Waals surface area contributed by atoms with Crippen molar-refractivity contribution in [1.29, 1.82) is 0 Å². The van der Waals surface area contributed by atoms with Gasteiger partial charge in [0.25, 0.3) is 5.91 Å². The largest absolute Gasteiger partial charge is 0.484 e. The van der Waals surface area contributed by atoms with Crippen LogP contribution in [-0.4, -0.2) is 17.6 Å². The van der Waals surface area contributed by atoms with Crippen LogP contribution < -0.4 is 10.1 Å². The first kappa shape index (κ1) is 17.0. The molecule has 122 valence electrons. The highest BCUT2D eigenvalue weighted by Gasteiger charge is 2.11. The van der Waals surface area contributed by atoms with Gasteiger partial charge >= 0.3 is 0 Å². The van der Waals surface area contributed by atoms with E-state index in [-0.39, 0.29) is 25.2 Å². The van der Waals surface area contributed by atoms with Crippen molar-refractivity contribution in [3.05, 3.63) is 64.7 Å². The van der Waals surface area contributed by atoms with Gasteiger partial charge in [0.2, 0.25) is 0 Å². The van der Waals surface area contributed by atoms with E-state index < -0.39 is 0 Å². The van der Waals surface area contributed by atoms with Gasteiger partial charge in [0, 0.05) is 0 Å². The molecule has 1 unspecified atom stereocenters. The Balaban J connectivity index is 1.86. The van der Waals surface area contributed by atoms with Crippen LogP contribution in [0.1, 0.15) is 35.2 Å². The highest BCUT2D eigenvalue weighted by molar-refractivity contribution is 5.78. The van der Waals surface area contributed by atoms with E-state index in [2.05, 4.69) is 31.3 Å². The summed E-state index contributed by atoms with van der Waals surface area (Å²) < 4.78 is 5.45. The first-order chi connectivity index (χ1) is 11.0. The predicted molar refractivity (Wildman–Crippen MR) is 90.3 cm³/mol. The Morgan fingerprint density at radius 2 is 1.83 bits per heavy atom. The summed E-state index contributed by atoms with van der Waals surface area (Å²) in [5.74, 6) is 0.443. The molecule has 2 aromatic carbocycles. The molecule has 0 aromatic heterocycles. The summed E-state index contributed by atoms with van der Waals surface area (Å²) in [7, 11) is 0. The molecule has 2 rings (SSSR count). The van der Waals surface area contributed by atoms with Crippen molar-refractivity contribution < 1.29 is 14.6 Å². The second-order valence-electron chi connectivity index (χ2n) is 5.72. The second-order valence-corrected chi connectivity index (χ2v) is 5.72. The molecule has 0 aliphatic rings. The van der Waals surface area contributed by atoms with Crippen LogP contribution in [0.25, 0.3) is 0 Å². The van der Waals surface area contributed by atoms with Crippen LogP contribution in [0.5, 0.6) is 5.75 Å². The Morgan fingerprint density at radius 1 is 1.13 bits per heavy atom. The van der Waals surface area contributed by atoms with Crippen LogP contribution in [0.2, 0.25) is 0 Å². The molecule has 0 fully saturated rings. The fraction of sp³-hybridized carbons (Fsp3) is 0.316. The van der Waals surface area contributed by atoms with Gasteiger partial charge in [-0.15, -0.1) is 0 Å². The third-order valence-corrected chi connectivity index (χ3v) is 3.88. The molecule has 0 aliphatic carbocycles. The molecule has 0 bridgehead atoms. The van der Waals surface area contributed by atoms with Gasteiger partial charge in [0.1, 0.15) is 5.75 Å². The fourth-order valence-corrected chi connectivity index (χ4v) is 2.24. The SMILES string of the molecule is Cc1ccc(C(C)NC(=O)COc2ccc(CO)cc2)cc1C. The molecule has 2 aromatic rings. The summed E-state index contributed by atoms with van der Waals surface area (Å²) in [6, 6.07) is 13.1. The quantitative estimate of drug-likeness (QED) is 0.862. The van der Waals surface area contributed by atoms with Crippen LogP contribution in [0.3, 0.4) is 0 Å². The molecular formula is C19H23NO3. The average Bonchev–Trinajstić information content (AvgIpc) is 2.55. The minimum absolute atomic E-state index is 0.00571. The summed E-state index contributed by atoms with van der Waals surface area (Å²) in [5.41, 5.74) is 4.34. The van der Waals surface area contributed by atoms with E-state index in [4.69, 9.17) is 9.84 Å². The fourth-order valence-electron chi connectivity index (χ4n) is 2.24. The standard InChI is InChI=1S/C19H23NO3/c1-13-4-7-17(10-14(13)2)15(3)20-19(22)12-23-18-8-5-16(11-21)6-9-18/h4-10,15,21H,11-12H2,1-3H3,(H,20,22). The number of carbonyl (C=O) groups is 1. The Morgan fingerprint density at radius 3 is 2.43 bits per heavy atom. The van der Waals surface area contributed by atoms with Crippen LogP contribution in [0.4, 0.5) is 0 Å². The van der Waals surface area contributed by atoms with Gasteiger partial charge in [-0.1, -0.05) is 30.3 Å². The van der Waals surface area contributed by atoms with Crippen molar-refractivity contribution in [3.8, 4) is 5.75 Å². The van der Waals surface area contributed by atoms with E-state index in [9.17, 15) is 4.79 Å². The van der Waals surface area contributed by atoms with Crippen LogP contribution in [0.15, 0.2) is 42.5 Å². The first-order valence-corrected chi connectivity index (χ1v) is 7.68. The van der Waals surface area contributed by atoms with Gasteiger partial charge in [0.15, 0.2) is 6.61 Å². The van der Waals surface area contributed by atoms with Gasteiger partial charge < -0.3 is 15.2 Å². The Kier molecular flexibility index (Phi) is 5.77. The van der Waals surface area contributed by atoms with Crippen LogP contribution in [-0.2, 0) is 11.4 Å². The van der Waals surface area contributed by atoms with Crippen molar-refractivity contribution in [1.82, 2.24) is 5.32 Å². The monoisotopic (exact) mass is 313 g/mol. The number of hydrogen-bond acceptors (Lipinski definition) is 3. The average molecular weight is 313 g/mol. The molecule has 0 saturated heterocycles. The van der Waals surface area contributed by atoms with Crippen LogP contribution in [0, 0.1) is 13.8 Å². The van der Waals surface area contributed by atoms with E-state index in [0.29, 0.717) is 5.75 Å². The normalized spacial score (nSPS) is 11.8. The van der Waals surface area contributed by atoms with E-state index in [0.717, 1.165) is 11.1 Å². The summed E-state index contributed by atoms with van der Waals surface area (Å²) in [5, 5.41) is 11.9. The number of amides is 1. The summed E-state index contributed by atoms with van der Waals surface area (Å²) >= 11 is 0. The molecule has 2 N–H and O–H groups in total. The minimum atomic E-state index is -0.165. The number of hydrogen-bond donors (Lipinski definition) is 2. The Hall–Kier alpha value is -2.33. The molecule has 0 spiro atoms. The van der Waals surface area contributed by atoms with Gasteiger partial charge in [-0.2, -0.15) is 0 Å². The van der Waals surface area contributed by atoms with Crippen molar-refractivity contribution in [2.24, 2.45) is 0 Å². The zero-order chi connectivity index (χ0) is 16.8. The first-order valence-electron chi connectivity index (χ1n) is 7.68. The molecule has 0 heterocycles. The van der Waals surface area contributed by atoms with Gasteiger partial charge in [-0.3, -0.25) is 4.79 Å². The van der Waals surface area contributed by atoms with Crippen molar-refractivity contribution >= 4 is 5.91 Å². The predicted octanol–water partition coefficient (Wildman–Crippen LogP) is 3.05. The molecule has 4 nitrogen and oxygen atoms in total. The number of carbonyl (C=O) groups excluding carboxylic acids is 1. The van der Waals surface area contributed by atoms with E-state index >= 15 is 0 Å². The number of aliphatic hydroxyl groups excluding tert-OH is 1. The van der Waals surface area contributed by atoms with Gasteiger partial charge in [-0.05, 0) is 55.2 Å². The molecule has 1 atom stereocenters. The lowest BCUT2D eigenvalue weighted by Gasteiger charge is -2.16. The van der Waals surface area contributed by atoms with E-state index in [1.54, 1.807) is 24.3 Å². The summed E-state index contributed by atoms with van der Waals surface area (Å²) in [6.45, 7) is 6.05. The number of aliphatic hydroxyl groups is 1. The third-order valence-electron chi connectivity index (χ3n) is 3.88. The Bertz CT molecular complexity index is 665. The molecule has 4 heteroatoms. The smallest absolute Gasteiger partial charge is 0.258 e. The number of nitrogens with one attached hydrogen (secondary N) is 1. The Labute approximate surface area is 137 Å². The maximum atomic E-state index is 12.0. The summed E-state index contributed by atoms with van der Waals surface area (Å²) in [6.07, 6.45) is 0. The maximum Gasteiger partial charge on any atom is 0.258 e. The lowest BCUT2D eigenvalue weighted by atomic mass is 10.0. The number of benzene rings is 2. The summed E-state index contributed by atoms with van der Waals surface area (Å²) in [4.78, 5) is 12.0. The third kappa shape index (κ3) is 4.83. The lowest BCUT2D eigenvalue weighted by molar-refractivity contribution is -0.123. The minimum Gasteiger partial charge on any atom is -0.484 e. The van der Waals surface area contributed by atoms with E-state index in [1.165, 1.54) is 11.1 Å². The van der Waals surface area contributed by atoms with Crippen LogP contribution >= 0.6 is 0 Å². The van der Waals surface area contributed by atoms with Crippen molar-refractivity contribution in [3.63, 3.8) is 0 Å². The van der Waals surface area contributed by atoms with E-state index in [1.807, 2.05) is 13.0 Å². The molecule has 1 amide bonds. The number of rotatable bonds is 6. The molecule has 23 heavy (non-hydrogen) atoms. The van der Waals surface area contributed by atoms with Gasteiger partial charge in [0.05, 0.1) is 12.6 Å². The van der Waals surface area contributed by atoms with Gasteiger partial charge in [-0.25, -0.2) is 0 Å². The van der Waals surface area contributed by atoms with Crippen molar-refractivity contribution in [2.45, 2.75) is 33.4 Å². The second kappa shape index (κ2) is 7.79. The zero-order valence-corrected chi connectivity index (χ0v) is 13.8. The molecular weight excluding hydrogens is 290 g/mol. The highest BCUT2D eigenvalue weighted by atomic mass is 16.5. The maximum absolute atomic E-state index is 12.0. The molecule has 0 saturated carbocycles. The topological polar surface area (TPSA) is 58.6 Å². The highest BCUT2D eigenvalue weighted by Crippen LogP contribution is 2.17. The number of aryl methyl sites for hydroxylation is 2. The number of ether oxygens (including phenoxy) is 1. The van der Waals surface area contributed by atoms with Crippen molar-refractivity contribution in [2.75, 3.05) is 6.61 Å². The lowest BCUT2D eigenvalue weighted by Crippen LogP contribution is -2.31. The molecule has 0 aliphatic heterocycles.